The van der Waals surface area contributed by atoms with Gasteiger partial charge in [-0.05, 0) is 25.8 Å². The highest BCUT2D eigenvalue weighted by Crippen LogP contribution is 2.21. The number of ether oxygens (including phenoxy) is 1. The maximum atomic E-state index is 12.5. The van der Waals surface area contributed by atoms with Crippen LogP contribution >= 0.6 is 11.3 Å². The summed E-state index contributed by atoms with van der Waals surface area (Å²) < 4.78 is 6.52. The molecule has 2 aromatic rings. The molecule has 0 saturated carbocycles. The Balaban J connectivity index is 2.27. The van der Waals surface area contributed by atoms with Crippen molar-refractivity contribution < 1.29 is 9.53 Å². The molecule has 2 aromatic heterocycles. The monoisotopic (exact) mass is 308 g/mol. The Bertz CT molecular complexity index is 690. The van der Waals surface area contributed by atoms with Gasteiger partial charge in [0.25, 0.3) is 5.56 Å². The summed E-state index contributed by atoms with van der Waals surface area (Å²) in [4.78, 5) is 30.5. The molecule has 0 aliphatic carbocycles. The van der Waals surface area contributed by atoms with Crippen LogP contribution in [-0.2, 0) is 16.0 Å². The zero-order valence-electron chi connectivity index (χ0n) is 12.6. The number of carbonyl (C=O) groups is 1. The molecule has 21 heavy (non-hydrogen) atoms. The van der Waals surface area contributed by atoms with Crippen molar-refractivity contribution in [3.63, 3.8) is 0 Å². The number of hydrogen-bond donors (Lipinski definition) is 0. The number of hydrogen-bond acceptors (Lipinski definition) is 5. The molecular formula is C15H20N2O3S. The fourth-order valence-corrected chi connectivity index (χ4v) is 2.91. The highest BCUT2D eigenvalue weighted by atomic mass is 32.1. The van der Waals surface area contributed by atoms with E-state index in [0.717, 1.165) is 29.0 Å². The second kappa shape index (κ2) is 6.85. The summed E-state index contributed by atoms with van der Waals surface area (Å²) in [5, 5.41) is 0.576. The van der Waals surface area contributed by atoms with Gasteiger partial charge in [-0.1, -0.05) is 20.3 Å². The third-order valence-corrected chi connectivity index (χ3v) is 4.56. The summed E-state index contributed by atoms with van der Waals surface area (Å²) in [6.07, 6.45) is 4.10. The van der Waals surface area contributed by atoms with Gasteiger partial charge in [-0.25, -0.2) is 9.78 Å². The molecule has 0 aliphatic rings. The number of thiophene rings is 1. The molecule has 0 unspecified atom stereocenters. The molecule has 0 aromatic carbocycles. The molecule has 0 radical (unpaired) electrons. The topological polar surface area (TPSA) is 61.2 Å². The van der Waals surface area contributed by atoms with E-state index in [2.05, 4.69) is 4.98 Å². The van der Waals surface area contributed by atoms with Crippen molar-refractivity contribution >= 4 is 27.5 Å². The largest absolute Gasteiger partial charge is 0.464 e. The van der Waals surface area contributed by atoms with E-state index in [9.17, 15) is 9.59 Å². The van der Waals surface area contributed by atoms with Crippen molar-refractivity contribution in [1.82, 2.24) is 9.55 Å². The Kier molecular flexibility index (Phi) is 5.12. The molecule has 114 valence electrons. The minimum absolute atomic E-state index is 0.184. The van der Waals surface area contributed by atoms with E-state index in [4.69, 9.17) is 4.74 Å². The zero-order chi connectivity index (χ0) is 15.4. The lowest BCUT2D eigenvalue weighted by Crippen LogP contribution is -2.29. The van der Waals surface area contributed by atoms with E-state index < -0.39 is 12.0 Å². The number of unbranched alkanes of at least 4 members (excludes halogenated alkanes) is 1. The molecule has 0 fully saturated rings. The van der Waals surface area contributed by atoms with E-state index in [1.54, 1.807) is 6.92 Å². The fraction of sp³-hybridized carbons (Fsp3) is 0.533. The van der Waals surface area contributed by atoms with Crippen LogP contribution in [-0.4, -0.2) is 22.1 Å². The summed E-state index contributed by atoms with van der Waals surface area (Å²) in [6, 6.07) is 1.21. The molecule has 0 bridgehead atoms. The Morgan fingerprint density at radius 1 is 1.48 bits per heavy atom. The van der Waals surface area contributed by atoms with E-state index >= 15 is 0 Å². The first kappa shape index (κ1) is 15.7. The number of esters is 1. The molecule has 1 atom stereocenters. The lowest BCUT2D eigenvalue weighted by atomic mass is 10.3. The molecule has 0 amide bonds. The van der Waals surface area contributed by atoms with Crippen LogP contribution in [0.15, 0.2) is 17.2 Å². The number of aromatic nitrogens is 2. The van der Waals surface area contributed by atoms with Crippen LogP contribution in [0.3, 0.4) is 0 Å². The van der Waals surface area contributed by atoms with Crippen molar-refractivity contribution in [2.24, 2.45) is 0 Å². The Morgan fingerprint density at radius 3 is 2.90 bits per heavy atom. The first-order chi connectivity index (χ1) is 10.1. The SMILES string of the molecule is CCCCOC(=O)[C@H](C)n1cnc2sc(CC)cc2c1=O. The summed E-state index contributed by atoms with van der Waals surface area (Å²) in [6.45, 7) is 6.12. The van der Waals surface area contributed by atoms with Gasteiger partial charge >= 0.3 is 5.97 Å². The number of carbonyl (C=O) groups excluding carboxylic acids is 1. The standard InChI is InChI=1S/C15H20N2O3S/c1-4-6-7-20-15(19)10(3)17-9-16-13-12(14(17)18)8-11(5-2)21-13/h8-10H,4-7H2,1-3H3/t10-/m0/s1. The summed E-state index contributed by atoms with van der Waals surface area (Å²) in [7, 11) is 0. The van der Waals surface area contributed by atoms with Crippen LogP contribution < -0.4 is 5.56 Å². The van der Waals surface area contributed by atoms with Crippen molar-refractivity contribution in [3.05, 3.63) is 27.6 Å². The number of rotatable bonds is 6. The molecule has 0 spiro atoms. The second-order valence-corrected chi connectivity index (χ2v) is 6.05. The zero-order valence-corrected chi connectivity index (χ0v) is 13.4. The van der Waals surface area contributed by atoms with Crippen LogP contribution in [0, 0.1) is 0 Å². The second-order valence-electron chi connectivity index (χ2n) is 4.94. The highest BCUT2D eigenvalue weighted by molar-refractivity contribution is 7.18. The van der Waals surface area contributed by atoms with Gasteiger partial charge in [-0.2, -0.15) is 0 Å². The maximum Gasteiger partial charge on any atom is 0.328 e. The fourth-order valence-electron chi connectivity index (χ4n) is 1.99. The van der Waals surface area contributed by atoms with Crippen molar-refractivity contribution in [2.75, 3.05) is 6.61 Å². The van der Waals surface area contributed by atoms with Crippen molar-refractivity contribution in [3.8, 4) is 0 Å². The average molecular weight is 308 g/mol. The quantitative estimate of drug-likeness (QED) is 0.608. The number of nitrogens with zero attached hydrogens (tertiary/aromatic N) is 2. The van der Waals surface area contributed by atoms with Crippen LogP contribution in [0.4, 0.5) is 0 Å². The summed E-state index contributed by atoms with van der Waals surface area (Å²) in [5.41, 5.74) is -0.184. The van der Waals surface area contributed by atoms with Crippen molar-refractivity contribution in [2.45, 2.75) is 46.1 Å². The minimum atomic E-state index is -0.656. The van der Waals surface area contributed by atoms with E-state index in [0.29, 0.717) is 12.0 Å². The highest BCUT2D eigenvalue weighted by Gasteiger charge is 2.19. The van der Waals surface area contributed by atoms with Crippen LogP contribution in [0.2, 0.25) is 0 Å². The van der Waals surface area contributed by atoms with Gasteiger partial charge in [0.05, 0.1) is 18.3 Å². The molecule has 6 heteroatoms. The molecular weight excluding hydrogens is 288 g/mol. The third-order valence-electron chi connectivity index (χ3n) is 3.38. The van der Waals surface area contributed by atoms with Gasteiger partial charge in [0.1, 0.15) is 10.9 Å². The minimum Gasteiger partial charge on any atom is -0.464 e. The van der Waals surface area contributed by atoms with Gasteiger partial charge in [-0.3, -0.25) is 9.36 Å². The normalized spacial score (nSPS) is 12.5. The molecule has 5 nitrogen and oxygen atoms in total. The first-order valence-electron chi connectivity index (χ1n) is 7.24. The van der Waals surface area contributed by atoms with Gasteiger partial charge in [-0.15, -0.1) is 11.3 Å². The van der Waals surface area contributed by atoms with Gasteiger partial charge in [0.2, 0.25) is 0 Å². The summed E-state index contributed by atoms with van der Waals surface area (Å²) >= 11 is 1.52. The lowest BCUT2D eigenvalue weighted by molar-refractivity contribution is -0.147. The lowest BCUT2D eigenvalue weighted by Gasteiger charge is -2.13. The van der Waals surface area contributed by atoms with Gasteiger partial charge < -0.3 is 4.74 Å². The van der Waals surface area contributed by atoms with E-state index in [-0.39, 0.29) is 5.56 Å². The Morgan fingerprint density at radius 2 is 2.24 bits per heavy atom. The van der Waals surface area contributed by atoms with Crippen molar-refractivity contribution in [1.29, 1.82) is 0 Å². The van der Waals surface area contributed by atoms with Crippen LogP contribution in [0.1, 0.15) is 44.5 Å². The predicted octanol–water partition coefficient (Wildman–Crippen LogP) is 2.92. The maximum absolute atomic E-state index is 12.5. The molecule has 2 heterocycles. The van der Waals surface area contributed by atoms with Gasteiger partial charge in [0, 0.05) is 4.88 Å². The van der Waals surface area contributed by atoms with E-state index in [1.807, 2.05) is 19.9 Å². The Hall–Kier alpha value is -1.69. The molecule has 0 N–H and O–H groups in total. The molecule has 2 rings (SSSR count). The molecule has 0 saturated heterocycles. The first-order valence-corrected chi connectivity index (χ1v) is 8.06. The smallest absolute Gasteiger partial charge is 0.328 e. The van der Waals surface area contributed by atoms with E-state index in [1.165, 1.54) is 22.2 Å². The molecule has 0 aliphatic heterocycles. The predicted molar refractivity (Wildman–Crippen MR) is 83.8 cm³/mol. The van der Waals surface area contributed by atoms with Crippen LogP contribution in [0.25, 0.3) is 10.2 Å². The third kappa shape index (κ3) is 3.32. The Labute approximate surface area is 127 Å². The van der Waals surface area contributed by atoms with Gasteiger partial charge in [0.15, 0.2) is 0 Å². The number of aryl methyl sites for hydroxylation is 1. The number of fused-ring (bicyclic) bond motifs is 1. The average Bonchev–Trinajstić information content (AvgIpc) is 2.91. The van der Waals surface area contributed by atoms with Crippen LogP contribution in [0.5, 0.6) is 0 Å². The summed E-state index contributed by atoms with van der Waals surface area (Å²) in [5.74, 6) is -0.391.